The maximum absolute atomic E-state index is 5.39. The number of nitrogens with two attached hydrogens (primary N) is 1. The Morgan fingerprint density at radius 2 is 2.00 bits per heavy atom. The standard InChI is InChI=1S/C9H13BrN2/c1-2-9(12-11)7-3-5-8(10)6-4-7/h3-6,9,12H,2,11H2,1H3. The zero-order valence-electron chi connectivity index (χ0n) is 7.05. The highest BCUT2D eigenvalue weighted by atomic mass is 79.9. The van der Waals surface area contributed by atoms with Gasteiger partial charge in [0.15, 0.2) is 0 Å². The monoisotopic (exact) mass is 228 g/mol. The molecule has 0 saturated carbocycles. The van der Waals surface area contributed by atoms with Crippen LogP contribution in [0.2, 0.25) is 0 Å². The second kappa shape index (κ2) is 4.60. The van der Waals surface area contributed by atoms with Crippen LogP contribution in [0.4, 0.5) is 0 Å². The molecule has 3 N–H and O–H groups in total. The first-order valence-electron chi connectivity index (χ1n) is 3.99. The van der Waals surface area contributed by atoms with Crippen molar-refractivity contribution in [2.75, 3.05) is 0 Å². The lowest BCUT2D eigenvalue weighted by atomic mass is 10.1. The molecule has 1 aromatic rings. The van der Waals surface area contributed by atoms with Gasteiger partial charge in [-0.1, -0.05) is 35.0 Å². The van der Waals surface area contributed by atoms with Gasteiger partial charge in [-0.15, -0.1) is 0 Å². The second-order valence-corrected chi connectivity index (χ2v) is 3.59. The first kappa shape index (κ1) is 9.71. The largest absolute Gasteiger partial charge is 0.271 e. The van der Waals surface area contributed by atoms with Crippen molar-refractivity contribution < 1.29 is 0 Å². The van der Waals surface area contributed by atoms with Crippen LogP contribution in [0.5, 0.6) is 0 Å². The van der Waals surface area contributed by atoms with Crippen LogP contribution in [-0.2, 0) is 0 Å². The van der Waals surface area contributed by atoms with Crippen molar-refractivity contribution in [3.8, 4) is 0 Å². The van der Waals surface area contributed by atoms with Gasteiger partial charge in [-0.2, -0.15) is 0 Å². The summed E-state index contributed by atoms with van der Waals surface area (Å²) in [4.78, 5) is 0. The molecule has 0 aromatic heterocycles. The zero-order valence-corrected chi connectivity index (χ0v) is 8.64. The third-order valence-corrected chi connectivity index (χ3v) is 2.41. The predicted octanol–water partition coefficient (Wildman–Crippen LogP) is 2.36. The van der Waals surface area contributed by atoms with Crippen molar-refractivity contribution in [2.45, 2.75) is 19.4 Å². The van der Waals surface area contributed by atoms with Crippen molar-refractivity contribution in [2.24, 2.45) is 5.84 Å². The zero-order chi connectivity index (χ0) is 8.97. The summed E-state index contributed by atoms with van der Waals surface area (Å²) in [5, 5.41) is 0. The highest BCUT2D eigenvalue weighted by Crippen LogP contribution is 2.18. The van der Waals surface area contributed by atoms with Gasteiger partial charge in [0.2, 0.25) is 0 Å². The number of hydrogen-bond acceptors (Lipinski definition) is 2. The minimum atomic E-state index is 0.262. The molecule has 1 rings (SSSR count). The molecule has 2 nitrogen and oxygen atoms in total. The van der Waals surface area contributed by atoms with Gasteiger partial charge in [-0.3, -0.25) is 11.3 Å². The molecule has 0 bridgehead atoms. The maximum Gasteiger partial charge on any atom is 0.0457 e. The lowest BCUT2D eigenvalue weighted by Gasteiger charge is -2.13. The summed E-state index contributed by atoms with van der Waals surface area (Å²) in [5.74, 6) is 5.39. The van der Waals surface area contributed by atoms with E-state index >= 15 is 0 Å². The molecular weight excluding hydrogens is 216 g/mol. The van der Waals surface area contributed by atoms with E-state index < -0.39 is 0 Å². The molecule has 12 heavy (non-hydrogen) atoms. The number of hydrogen-bond donors (Lipinski definition) is 2. The van der Waals surface area contributed by atoms with E-state index in [2.05, 4.69) is 40.4 Å². The van der Waals surface area contributed by atoms with Gasteiger partial charge in [0.25, 0.3) is 0 Å². The average Bonchev–Trinajstić information content (AvgIpc) is 2.10. The normalized spacial score (nSPS) is 12.9. The Hall–Kier alpha value is -0.380. The lowest BCUT2D eigenvalue weighted by Crippen LogP contribution is -2.27. The molecule has 0 aliphatic carbocycles. The van der Waals surface area contributed by atoms with Crippen LogP contribution < -0.4 is 11.3 Å². The fourth-order valence-corrected chi connectivity index (χ4v) is 1.41. The molecule has 0 spiro atoms. The van der Waals surface area contributed by atoms with Crippen LogP contribution in [0.25, 0.3) is 0 Å². The van der Waals surface area contributed by atoms with Crippen LogP contribution in [0.3, 0.4) is 0 Å². The van der Waals surface area contributed by atoms with Crippen LogP contribution in [0.1, 0.15) is 24.9 Å². The molecule has 1 atom stereocenters. The van der Waals surface area contributed by atoms with Crippen molar-refractivity contribution >= 4 is 15.9 Å². The Morgan fingerprint density at radius 1 is 1.42 bits per heavy atom. The third-order valence-electron chi connectivity index (χ3n) is 1.88. The van der Waals surface area contributed by atoms with Crippen LogP contribution in [0, 0.1) is 0 Å². The molecule has 0 radical (unpaired) electrons. The fourth-order valence-electron chi connectivity index (χ4n) is 1.14. The molecule has 1 aromatic carbocycles. The average molecular weight is 229 g/mol. The minimum absolute atomic E-state index is 0.262. The Labute approximate surface area is 81.3 Å². The van der Waals surface area contributed by atoms with Gasteiger partial charge in [-0.05, 0) is 24.1 Å². The number of hydrazine groups is 1. The van der Waals surface area contributed by atoms with Gasteiger partial charge in [0, 0.05) is 10.5 Å². The molecule has 3 heteroatoms. The van der Waals surface area contributed by atoms with E-state index in [4.69, 9.17) is 5.84 Å². The molecular formula is C9H13BrN2. The first-order chi connectivity index (χ1) is 5.77. The van der Waals surface area contributed by atoms with Crippen molar-refractivity contribution in [3.63, 3.8) is 0 Å². The number of halogens is 1. The Morgan fingerprint density at radius 3 is 2.42 bits per heavy atom. The van der Waals surface area contributed by atoms with E-state index in [0.29, 0.717) is 0 Å². The highest BCUT2D eigenvalue weighted by molar-refractivity contribution is 9.10. The van der Waals surface area contributed by atoms with Crippen LogP contribution in [0.15, 0.2) is 28.7 Å². The van der Waals surface area contributed by atoms with Crippen LogP contribution >= 0.6 is 15.9 Å². The van der Waals surface area contributed by atoms with Crippen molar-refractivity contribution in [1.82, 2.24) is 5.43 Å². The summed E-state index contributed by atoms with van der Waals surface area (Å²) in [6.45, 7) is 2.10. The molecule has 0 aliphatic heterocycles. The van der Waals surface area contributed by atoms with Gasteiger partial charge in [0.1, 0.15) is 0 Å². The molecule has 0 saturated heterocycles. The Balaban J connectivity index is 2.80. The SMILES string of the molecule is CCC(NN)c1ccc(Br)cc1. The van der Waals surface area contributed by atoms with Gasteiger partial charge < -0.3 is 0 Å². The lowest BCUT2D eigenvalue weighted by molar-refractivity contribution is 0.539. The molecule has 1 unspecified atom stereocenters. The van der Waals surface area contributed by atoms with Gasteiger partial charge in [0.05, 0.1) is 0 Å². The topological polar surface area (TPSA) is 38.0 Å². The number of nitrogens with one attached hydrogen (secondary N) is 1. The quantitative estimate of drug-likeness (QED) is 0.616. The molecule has 66 valence electrons. The van der Waals surface area contributed by atoms with Crippen molar-refractivity contribution in [1.29, 1.82) is 0 Å². The van der Waals surface area contributed by atoms with E-state index in [1.807, 2.05) is 12.1 Å². The van der Waals surface area contributed by atoms with Gasteiger partial charge in [-0.25, -0.2) is 0 Å². The van der Waals surface area contributed by atoms with E-state index in [-0.39, 0.29) is 6.04 Å². The minimum Gasteiger partial charge on any atom is -0.271 e. The summed E-state index contributed by atoms with van der Waals surface area (Å²) in [6, 6.07) is 8.44. The number of rotatable bonds is 3. The fraction of sp³-hybridized carbons (Fsp3) is 0.333. The third kappa shape index (κ3) is 2.30. The van der Waals surface area contributed by atoms with E-state index in [1.165, 1.54) is 5.56 Å². The summed E-state index contributed by atoms with van der Waals surface area (Å²) < 4.78 is 1.10. The second-order valence-electron chi connectivity index (χ2n) is 2.68. The molecule has 0 fully saturated rings. The number of benzene rings is 1. The summed E-state index contributed by atoms with van der Waals surface area (Å²) in [7, 11) is 0. The van der Waals surface area contributed by atoms with Crippen molar-refractivity contribution in [3.05, 3.63) is 34.3 Å². The van der Waals surface area contributed by atoms with Crippen LogP contribution in [-0.4, -0.2) is 0 Å². The summed E-state index contributed by atoms with van der Waals surface area (Å²) in [5.41, 5.74) is 4.00. The Kier molecular flexibility index (Phi) is 3.72. The van der Waals surface area contributed by atoms with Gasteiger partial charge >= 0.3 is 0 Å². The smallest absolute Gasteiger partial charge is 0.0457 e. The predicted molar refractivity (Wildman–Crippen MR) is 54.5 cm³/mol. The molecule has 0 amide bonds. The highest BCUT2D eigenvalue weighted by Gasteiger charge is 2.04. The molecule has 0 heterocycles. The summed E-state index contributed by atoms with van der Waals surface area (Å²) >= 11 is 3.39. The maximum atomic E-state index is 5.39. The van der Waals surface area contributed by atoms with E-state index in [9.17, 15) is 0 Å². The van der Waals surface area contributed by atoms with E-state index in [1.54, 1.807) is 0 Å². The summed E-state index contributed by atoms with van der Waals surface area (Å²) in [6.07, 6.45) is 0.998. The molecule has 0 aliphatic rings. The Bertz CT molecular complexity index is 229. The first-order valence-corrected chi connectivity index (χ1v) is 4.78. The van der Waals surface area contributed by atoms with E-state index in [0.717, 1.165) is 10.9 Å².